The Morgan fingerprint density at radius 3 is 2.11 bits per heavy atom. The van der Waals surface area contributed by atoms with E-state index in [0.29, 0.717) is 0 Å². The average Bonchev–Trinajstić information content (AvgIpc) is 3.12. The minimum atomic E-state index is -0.154. The molecular weight excluding hydrogens is 236 g/mol. The summed E-state index contributed by atoms with van der Waals surface area (Å²) in [5, 5.41) is 3.35. The summed E-state index contributed by atoms with van der Waals surface area (Å²) < 4.78 is 5.31. The van der Waals surface area contributed by atoms with Crippen molar-refractivity contribution in [1.82, 2.24) is 0 Å². The zero-order valence-electron chi connectivity index (χ0n) is 11.0. The summed E-state index contributed by atoms with van der Waals surface area (Å²) in [5.74, 6) is 0. The van der Waals surface area contributed by atoms with Crippen LogP contribution in [0.25, 0.3) is 0 Å². The van der Waals surface area contributed by atoms with Gasteiger partial charge in [-0.2, -0.15) is 0 Å². The fraction of sp³-hybridized carbons (Fsp3) is 0.250. The SMILES string of the molecule is CC1(Nc2ccc(Cc3ccc(N)cc3)cc2)CO1. The van der Waals surface area contributed by atoms with E-state index in [-0.39, 0.29) is 5.72 Å². The second kappa shape index (κ2) is 4.59. The molecule has 3 nitrogen and oxygen atoms in total. The van der Waals surface area contributed by atoms with Gasteiger partial charge in [0, 0.05) is 11.4 Å². The molecule has 0 radical (unpaired) electrons. The van der Waals surface area contributed by atoms with Crippen molar-refractivity contribution < 1.29 is 4.74 Å². The van der Waals surface area contributed by atoms with E-state index in [4.69, 9.17) is 10.5 Å². The van der Waals surface area contributed by atoms with Crippen molar-refractivity contribution in [2.24, 2.45) is 0 Å². The Labute approximate surface area is 113 Å². The Bertz CT molecular complexity index is 556. The predicted octanol–water partition coefficient (Wildman–Crippen LogP) is 3.02. The molecule has 1 aliphatic heterocycles. The molecule has 2 aromatic rings. The van der Waals surface area contributed by atoms with Gasteiger partial charge in [-0.15, -0.1) is 0 Å². The summed E-state index contributed by atoms with van der Waals surface area (Å²) in [6.07, 6.45) is 0.925. The second-order valence-corrected chi connectivity index (χ2v) is 5.26. The Morgan fingerprint density at radius 1 is 1.05 bits per heavy atom. The first-order valence-electron chi connectivity index (χ1n) is 6.48. The summed E-state index contributed by atoms with van der Waals surface area (Å²) >= 11 is 0. The number of benzene rings is 2. The van der Waals surface area contributed by atoms with Crippen molar-refractivity contribution in [3.05, 3.63) is 59.7 Å². The van der Waals surface area contributed by atoms with Gasteiger partial charge in [0.1, 0.15) is 0 Å². The predicted molar refractivity (Wildman–Crippen MR) is 78.1 cm³/mol. The number of hydrogen-bond acceptors (Lipinski definition) is 3. The molecule has 0 saturated carbocycles. The second-order valence-electron chi connectivity index (χ2n) is 5.26. The Kier molecular flexibility index (Phi) is 2.91. The van der Waals surface area contributed by atoms with Crippen molar-refractivity contribution in [3.63, 3.8) is 0 Å². The number of nitrogens with one attached hydrogen (secondary N) is 1. The molecule has 1 unspecified atom stereocenters. The number of epoxide rings is 1. The van der Waals surface area contributed by atoms with Gasteiger partial charge in [0.25, 0.3) is 0 Å². The Morgan fingerprint density at radius 2 is 1.58 bits per heavy atom. The Balaban J connectivity index is 1.66. The molecule has 98 valence electrons. The molecule has 0 bridgehead atoms. The van der Waals surface area contributed by atoms with Crippen molar-refractivity contribution in [2.45, 2.75) is 19.1 Å². The summed E-state index contributed by atoms with van der Waals surface area (Å²) in [7, 11) is 0. The summed E-state index contributed by atoms with van der Waals surface area (Å²) in [6, 6.07) is 16.5. The molecular formula is C16H18N2O. The standard InChI is InChI=1S/C16H18N2O/c1-16(11-19-16)18-15-8-4-13(5-9-15)10-12-2-6-14(17)7-3-12/h2-9,18H,10-11,17H2,1H3. The van der Waals surface area contributed by atoms with Crippen molar-refractivity contribution >= 4 is 11.4 Å². The average molecular weight is 254 g/mol. The van der Waals surface area contributed by atoms with Crippen LogP contribution in [-0.4, -0.2) is 12.3 Å². The number of hydrogen-bond donors (Lipinski definition) is 2. The van der Waals surface area contributed by atoms with Crippen LogP contribution in [0.15, 0.2) is 48.5 Å². The lowest BCUT2D eigenvalue weighted by Gasteiger charge is -2.10. The number of rotatable bonds is 4. The van der Waals surface area contributed by atoms with Crippen LogP contribution in [0.1, 0.15) is 18.1 Å². The van der Waals surface area contributed by atoms with Crippen LogP contribution in [0.2, 0.25) is 0 Å². The molecule has 0 spiro atoms. The van der Waals surface area contributed by atoms with Crippen LogP contribution in [0.4, 0.5) is 11.4 Å². The van der Waals surface area contributed by atoms with E-state index in [1.54, 1.807) is 0 Å². The maximum atomic E-state index is 5.68. The number of nitrogen functional groups attached to an aromatic ring is 1. The van der Waals surface area contributed by atoms with E-state index in [2.05, 4.69) is 48.6 Å². The fourth-order valence-electron chi connectivity index (χ4n) is 2.06. The number of anilines is 2. The highest BCUT2D eigenvalue weighted by Crippen LogP contribution is 2.28. The third kappa shape index (κ3) is 3.06. The number of nitrogens with two attached hydrogens (primary N) is 1. The molecule has 2 aromatic carbocycles. The van der Waals surface area contributed by atoms with Crippen LogP contribution < -0.4 is 11.1 Å². The minimum absolute atomic E-state index is 0.154. The van der Waals surface area contributed by atoms with Crippen LogP contribution >= 0.6 is 0 Å². The third-order valence-corrected chi connectivity index (χ3v) is 3.33. The normalized spacial score (nSPS) is 21.1. The largest absolute Gasteiger partial charge is 0.399 e. The maximum absolute atomic E-state index is 5.68. The summed E-state index contributed by atoms with van der Waals surface area (Å²) in [6.45, 7) is 2.83. The van der Waals surface area contributed by atoms with Crippen LogP contribution in [-0.2, 0) is 11.2 Å². The first kappa shape index (κ1) is 12.1. The molecule has 0 aliphatic carbocycles. The highest BCUT2D eigenvalue weighted by molar-refractivity contribution is 5.48. The van der Waals surface area contributed by atoms with Gasteiger partial charge in [0.15, 0.2) is 5.72 Å². The third-order valence-electron chi connectivity index (χ3n) is 3.33. The molecule has 1 saturated heterocycles. The quantitative estimate of drug-likeness (QED) is 0.651. The molecule has 1 aliphatic rings. The monoisotopic (exact) mass is 254 g/mol. The van der Waals surface area contributed by atoms with Gasteiger partial charge in [-0.3, -0.25) is 0 Å². The van der Waals surface area contributed by atoms with Gasteiger partial charge in [0.2, 0.25) is 0 Å². The van der Waals surface area contributed by atoms with Gasteiger partial charge >= 0.3 is 0 Å². The molecule has 0 amide bonds. The highest BCUT2D eigenvalue weighted by Gasteiger charge is 2.38. The molecule has 3 rings (SSSR count). The summed E-state index contributed by atoms with van der Waals surface area (Å²) in [5.41, 5.74) is 9.99. The van der Waals surface area contributed by atoms with E-state index in [0.717, 1.165) is 24.4 Å². The minimum Gasteiger partial charge on any atom is -0.399 e. The van der Waals surface area contributed by atoms with Gasteiger partial charge in [-0.1, -0.05) is 24.3 Å². The topological polar surface area (TPSA) is 50.6 Å². The van der Waals surface area contributed by atoms with Crippen LogP contribution in [0.5, 0.6) is 0 Å². The van der Waals surface area contributed by atoms with Gasteiger partial charge in [0.05, 0.1) is 6.61 Å². The van der Waals surface area contributed by atoms with E-state index in [1.165, 1.54) is 11.1 Å². The lowest BCUT2D eigenvalue weighted by atomic mass is 10.0. The molecule has 3 heteroatoms. The summed E-state index contributed by atoms with van der Waals surface area (Å²) in [4.78, 5) is 0. The lowest BCUT2D eigenvalue weighted by molar-refractivity contribution is 0.351. The van der Waals surface area contributed by atoms with E-state index in [9.17, 15) is 0 Å². The Hall–Kier alpha value is -2.00. The van der Waals surface area contributed by atoms with E-state index < -0.39 is 0 Å². The molecule has 19 heavy (non-hydrogen) atoms. The van der Waals surface area contributed by atoms with Gasteiger partial charge in [-0.05, 0) is 48.7 Å². The van der Waals surface area contributed by atoms with Crippen molar-refractivity contribution in [2.75, 3.05) is 17.7 Å². The fourth-order valence-corrected chi connectivity index (χ4v) is 2.06. The maximum Gasteiger partial charge on any atom is 0.159 e. The number of ether oxygens (including phenoxy) is 1. The highest BCUT2D eigenvalue weighted by atomic mass is 16.6. The van der Waals surface area contributed by atoms with Gasteiger partial charge in [-0.25, -0.2) is 0 Å². The lowest BCUT2D eigenvalue weighted by Crippen LogP contribution is -2.17. The zero-order valence-corrected chi connectivity index (χ0v) is 11.0. The van der Waals surface area contributed by atoms with Crippen molar-refractivity contribution in [3.8, 4) is 0 Å². The smallest absolute Gasteiger partial charge is 0.159 e. The first-order chi connectivity index (χ1) is 9.13. The molecule has 3 N–H and O–H groups in total. The molecule has 1 atom stereocenters. The zero-order chi connectivity index (χ0) is 13.3. The van der Waals surface area contributed by atoms with Crippen LogP contribution in [0.3, 0.4) is 0 Å². The molecule has 1 fully saturated rings. The van der Waals surface area contributed by atoms with E-state index in [1.807, 2.05) is 12.1 Å². The van der Waals surface area contributed by atoms with Gasteiger partial charge < -0.3 is 15.8 Å². The first-order valence-corrected chi connectivity index (χ1v) is 6.48. The molecule has 0 aromatic heterocycles. The van der Waals surface area contributed by atoms with E-state index >= 15 is 0 Å². The van der Waals surface area contributed by atoms with Crippen molar-refractivity contribution in [1.29, 1.82) is 0 Å². The van der Waals surface area contributed by atoms with Crippen LogP contribution in [0, 0.1) is 0 Å². The molecule has 1 heterocycles.